The summed E-state index contributed by atoms with van der Waals surface area (Å²) in [5.74, 6) is 1.20. The third-order valence-corrected chi connectivity index (χ3v) is 5.05. The first-order valence-electron chi connectivity index (χ1n) is 7.16. The molecule has 0 aromatic heterocycles. The van der Waals surface area contributed by atoms with Gasteiger partial charge in [0.05, 0.1) is 12.9 Å². The minimum absolute atomic E-state index is 0.281. The van der Waals surface area contributed by atoms with E-state index in [9.17, 15) is 8.42 Å². The van der Waals surface area contributed by atoms with E-state index in [0.29, 0.717) is 19.7 Å². The van der Waals surface area contributed by atoms with Crippen LogP contribution in [0.15, 0.2) is 24.3 Å². The normalized spacial score (nSPS) is 20.8. The lowest BCUT2D eigenvalue weighted by molar-refractivity contribution is 0.180. The minimum Gasteiger partial charge on any atom is -0.493 e. The molecule has 112 valence electrons. The Morgan fingerprint density at radius 1 is 1.35 bits per heavy atom. The summed E-state index contributed by atoms with van der Waals surface area (Å²) in [7, 11) is -3.08. The van der Waals surface area contributed by atoms with Crippen molar-refractivity contribution in [1.29, 1.82) is 0 Å². The van der Waals surface area contributed by atoms with Crippen LogP contribution in [0.25, 0.3) is 0 Å². The second-order valence-electron chi connectivity index (χ2n) is 5.40. The van der Waals surface area contributed by atoms with Gasteiger partial charge in [0, 0.05) is 19.0 Å². The highest BCUT2D eigenvalue weighted by Crippen LogP contribution is 2.23. The number of ether oxygens (including phenoxy) is 1. The lowest BCUT2D eigenvalue weighted by atomic mass is 10.0. The summed E-state index contributed by atoms with van der Waals surface area (Å²) >= 11 is 0. The van der Waals surface area contributed by atoms with Gasteiger partial charge in [-0.15, -0.1) is 0 Å². The van der Waals surface area contributed by atoms with E-state index >= 15 is 0 Å². The molecule has 1 aliphatic heterocycles. The first-order chi connectivity index (χ1) is 9.50. The van der Waals surface area contributed by atoms with Crippen LogP contribution in [0.5, 0.6) is 5.75 Å². The minimum atomic E-state index is -3.08. The molecule has 1 aliphatic rings. The van der Waals surface area contributed by atoms with Crippen molar-refractivity contribution in [2.75, 3.05) is 26.0 Å². The van der Waals surface area contributed by atoms with Gasteiger partial charge in [-0.05, 0) is 30.9 Å². The van der Waals surface area contributed by atoms with Crippen molar-refractivity contribution in [3.8, 4) is 5.75 Å². The molecule has 5 heteroatoms. The van der Waals surface area contributed by atoms with Crippen LogP contribution in [-0.4, -0.2) is 38.7 Å². The fourth-order valence-corrected chi connectivity index (χ4v) is 3.55. The van der Waals surface area contributed by atoms with Gasteiger partial charge in [0.25, 0.3) is 0 Å². The van der Waals surface area contributed by atoms with Crippen molar-refractivity contribution in [3.05, 3.63) is 29.8 Å². The number of aryl methyl sites for hydroxylation is 1. The maximum atomic E-state index is 11.6. The topological polar surface area (TPSA) is 46.6 Å². The van der Waals surface area contributed by atoms with Crippen LogP contribution >= 0.6 is 0 Å². The van der Waals surface area contributed by atoms with Gasteiger partial charge in [-0.1, -0.05) is 25.1 Å². The molecule has 0 aliphatic carbocycles. The molecule has 4 nitrogen and oxygen atoms in total. The molecular weight excluding hydrogens is 274 g/mol. The van der Waals surface area contributed by atoms with Crippen molar-refractivity contribution in [2.45, 2.75) is 26.2 Å². The Bertz CT molecular complexity index is 542. The van der Waals surface area contributed by atoms with E-state index in [-0.39, 0.29) is 5.92 Å². The smallest absolute Gasteiger partial charge is 0.211 e. The highest BCUT2D eigenvalue weighted by Gasteiger charge is 2.26. The van der Waals surface area contributed by atoms with Gasteiger partial charge in [0.2, 0.25) is 10.0 Å². The van der Waals surface area contributed by atoms with Crippen LogP contribution in [0.3, 0.4) is 0 Å². The monoisotopic (exact) mass is 297 g/mol. The van der Waals surface area contributed by atoms with Crippen LogP contribution in [0.1, 0.15) is 25.3 Å². The summed E-state index contributed by atoms with van der Waals surface area (Å²) in [6.45, 7) is 3.91. The second-order valence-corrected chi connectivity index (χ2v) is 7.38. The van der Waals surface area contributed by atoms with Gasteiger partial charge < -0.3 is 4.74 Å². The van der Waals surface area contributed by atoms with E-state index < -0.39 is 10.0 Å². The first-order valence-corrected chi connectivity index (χ1v) is 9.01. The molecule has 20 heavy (non-hydrogen) atoms. The summed E-state index contributed by atoms with van der Waals surface area (Å²) in [6, 6.07) is 8.03. The zero-order chi connectivity index (χ0) is 14.6. The van der Waals surface area contributed by atoms with Gasteiger partial charge in [-0.3, -0.25) is 0 Å². The quantitative estimate of drug-likeness (QED) is 0.838. The number of sulfonamides is 1. The number of para-hydroxylation sites is 1. The summed E-state index contributed by atoms with van der Waals surface area (Å²) in [5, 5.41) is 0. The van der Waals surface area contributed by atoms with Gasteiger partial charge in [0.15, 0.2) is 0 Å². The molecule has 0 spiro atoms. The van der Waals surface area contributed by atoms with Crippen molar-refractivity contribution < 1.29 is 13.2 Å². The SMILES string of the molecule is CCc1ccccc1OCC1CCCN(S(C)(=O)=O)C1. The molecular formula is C15H23NO3S. The summed E-state index contributed by atoms with van der Waals surface area (Å²) in [5.41, 5.74) is 1.20. The molecule has 1 saturated heterocycles. The van der Waals surface area contributed by atoms with Gasteiger partial charge in [-0.2, -0.15) is 0 Å². The third kappa shape index (κ3) is 3.96. The number of rotatable bonds is 5. The van der Waals surface area contributed by atoms with Crippen molar-refractivity contribution in [1.82, 2.24) is 4.31 Å². The number of benzene rings is 1. The fourth-order valence-electron chi connectivity index (χ4n) is 2.61. The molecule has 0 saturated carbocycles. The van der Waals surface area contributed by atoms with E-state index in [1.54, 1.807) is 4.31 Å². The average molecular weight is 297 g/mol. The Hall–Kier alpha value is -1.07. The lowest BCUT2D eigenvalue weighted by Gasteiger charge is -2.30. The maximum Gasteiger partial charge on any atom is 0.211 e. The van der Waals surface area contributed by atoms with Crippen LogP contribution < -0.4 is 4.74 Å². The molecule has 0 amide bonds. The van der Waals surface area contributed by atoms with Crippen LogP contribution in [0, 0.1) is 5.92 Å². The van der Waals surface area contributed by atoms with Gasteiger partial charge in [0.1, 0.15) is 5.75 Å². The Balaban J connectivity index is 1.94. The highest BCUT2D eigenvalue weighted by molar-refractivity contribution is 7.88. The van der Waals surface area contributed by atoms with Crippen LogP contribution in [0.4, 0.5) is 0 Å². The molecule has 1 fully saturated rings. The first kappa shape index (κ1) is 15.3. The predicted octanol–water partition coefficient (Wildman–Crippen LogP) is 2.30. The van der Waals surface area contributed by atoms with Crippen LogP contribution in [0.2, 0.25) is 0 Å². The maximum absolute atomic E-state index is 11.6. The molecule has 1 heterocycles. The van der Waals surface area contributed by atoms with Crippen molar-refractivity contribution in [3.63, 3.8) is 0 Å². The van der Waals surface area contributed by atoms with Gasteiger partial charge in [-0.25, -0.2) is 12.7 Å². The van der Waals surface area contributed by atoms with E-state index in [1.807, 2.05) is 18.2 Å². The molecule has 0 radical (unpaired) electrons. The Labute approximate surface area is 121 Å². The number of piperidine rings is 1. The second kappa shape index (κ2) is 6.59. The largest absolute Gasteiger partial charge is 0.493 e. The average Bonchev–Trinajstić information content (AvgIpc) is 2.45. The number of hydrogen-bond acceptors (Lipinski definition) is 3. The number of hydrogen-bond donors (Lipinski definition) is 0. The van der Waals surface area contributed by atoms with Crippen molar-refractivity contribution >= 4 is 10.0 Å². The summed E-state index contributed by atoms with van der Waals surface area (Å²) < 4.78 is 30.7. The molecule has 0 bridgehead atoms. The zero-order valence-corrected chi connectivity index (χ0v) is 13.0. The fraction of sp³-hybridized carbons (Fsp3) is 0.600. The Kier molecular flexibility index (Phi) is 5.05. The predicted molar refractivity (Wildman–Crippen MR) is 80.5 cm³/mol. The van der Waals surface area contributed by atoms with Crippen LogP contribution in [-0.2, 0) is 16.4 Å². The summed E-state index contributed by atoms with van der Waals surface area (Å²) in [4.78, 5) is 0. The van der Waals surface area contributed by atoms with Gasteiger partial charge >= 0.3 is 0 Å². The molecule has 0 N–H and O–H groups in total. The Morgan fingerprint density at radius 3 is 2.80 bits per heavy atom. The lowest BCUT2D eigenvalue weighted by Crippen LogP contribution is -2.40. The molecule has 1 atom stereocenters. The standard InChI is InChI=1S/C15H23NO3S/c1-3-14-8-4-5-9-15(14)19-12-13-7-6-10-16(11-13)20(2,17)18/h4-5,8-9,13H,3,6-7,10-12H2,1-2H3. The van der Waals surface area contributed by atoms with E-state index in [2.05, 4.69) is 13.0 Å². The molecule has 1 aromatic carbocycles. The third-order valence-electron chi connectivity index (χ3n) is 3.78. The molecule has 2 rings (SSSR count). The summed E-state index contributed by atoms with van der Waals surface area (Å²) in [6.07, 6.45) is 4.16. The number of nitrogens with zero attached hydrogens (tertiary/aromatic N) is 1. The van der Waals surface area contributed by atoms with E-state index in [0.717, 1.165) is 25.0 Å². The van der Waals surface area contributed by atoms with E-state index in [4.69, 9.17) is 4.74 Å². The highest BCUT2D eigenvalue weighted by atomic mass is 32.2. The Morgan fingerprint density at radius 2 is 2.10 bits per heavy atom. The molecule has 1 aromatic rings. The van der Waals surface area contributed by atoms with E-state index in [1.165, 1.54) is 11.8 Å². The molecule has 1 unspecified atom stereocenters. The van der Waals surface area contributed by atoms with Crippen molar-refractivity contribution in [2.24, 2.45) is 5.92 Å². The zero-order valence-electron chi connectivity index (χ0n) is 12.2.